The van der Waals surface area contributed by atoms with Crippen molar-refractivity contribution >= 4 is 33.9 Å². The molecule has 3 N–H and O–H groups in total. The fourth-order valence-corrected chi connectivity index (χ4v) is 2.68. The number of imide groups is 1. The normalized spacial score (nSPS) is 13.4. The van der Waals surface area contributed by atoms with Gasteiger partial charge in [-0.3, -0.25) is 33.5 Å². The fraction of sp³-hybridized carbons (Fsp3) is 0.294. The van der Waals surface area contributed by atoms with E-state index in [1.54, 1.807) is 12.1 Å². The zero-order valence-corrected chi connectivity index (χ0v) is 16.2. The van der Waals surface area contributed by atoms with Gasteiger partial charge in [-0.15, -0.1) is 0 Å². The Morgan fingerprint density at radius 2 is 1.41 bits per heavy atom. The molecule has 1 aliphatic rings. The zero-order valence-electron chi connectivity index (χ0n) is 15.4. The first-order chi connectivity index (χ1) is 13.4. The van der Waals surface area contributed by atoms with Crippen LogP contribution in [0.25, 0.3) is 0 Å². The number of aryl methyl sites for hydroxylation is 1. The summed E-state index contributed by atoms with van der Waals surface area (Å²) in [6.07, 6.45) is 2.22. The molecule has 0 saturated carbocycles. The van der Waals surface area contributed by atoms with E-state index in [0.717, 1.165) is 27.5 Å². The lowest BCUT2D eigenvalue weighted by atomic mass is 10.2. The van der Waals surface area contributed by atoms with Crippen LogP contribution in [0.3, 0.4) is 0 Å². The molecule has 0 aliphatic carbocycles. The van der Waals surface area contributed by atoms with Crippen molar-refractivity contribution in [2.24, 2.45) is 0 Å². The maximum atomic E-state index is 11.2. The monoisotopic (exact) mass is 428 g/mol. The summed E-state index contributed by atoms with van der Waals surface area (Å²) in [6.45, 7) is 0.878. The first-order valence-corrected chi connectivity index (χ1v) is 9.58. The highest BCUT2D eigenvalue weighted by Gasteiger charge is 2.24. The van der Waals surface area contributed by atoms with Gasteiger partial charge in [0, 0.05) is 25.2 Å². The van der Waals surface area contributed by atoms with Gasteiger partial charge in [0.15, 0.2) is 0 Å². The largest absolute Gasteiger partial charge is 0.480 e. The number of carboxylic acid groups (broad SMARTS) is 2. The molecule has 11 nitrogen and oxygen atoms in total. The molecular formula is C17H20N2O9S. The molecule has 1 aromatic carbocycles. The highest BCUT2D eigenvalue weighted by Crippen LogP contribution is 2.08. The van der Waals surface area contributed by atoms with E-state index in [4.69, 9.17) is 14.8 Å². The summed E-state index contributed by atoms with van der Waals surface area (Å²) in [6, 6.07) is 5.99. The van der Waals surface area contributed by atoms with Gasteiger partial charge in [-0.25, -0.2) is 0 Å². The summed E-state index contributed by atoms with van der Waals surface area (Å²) >= 11 is 0. The minimum absolute atomic E-state index is 0.00222. The average molecular weight is 428 g/mol. The molecule has 0 fully saturated rings. The van der Waals surface area contributed by atoms with Crippen LogP contribution in [-0.2, 0) is 29.3 Å². The van der Waals surface area contributed by atoms with E-state index in [1.165, 1.54) is 12.1 Å². The van der Waals surface area contributed by atoms with Crippen molar-refractivity contribution in [2.75, 3.05) is 26.2 Å². The number of amides is 2. The summed E-state index contributed by atoms with van der Waals surface area (Å²) < 4.78 is 29.6. The minimum atomic E-state index is -4.02. The van der Waals surface area contributed by atoms with Gasteiger partial charge in [0.1, 0.15) is 0 Å². The number of aliphatic carboxylic acids is 2. The molecule has 158 valence electrons. The number of hydrogen-bond donors (Lipinski definition) is 3. The van der Waals surface area contributed by atoms with Gasteiger partial charge in [0.25, 0.3) is 21.9 Å². The third kappa shape index (κ3) is 8.64. The molecular weight excluding hydrogens is 408 g/mol. The molecule has 1 aromatic rings. The van der Waals surface area contributed by atoms with Crippen LogP contribution in [-0.4, -0.2) is 82.9 Å². The molecule has 12 heteroatoms. The Kier molecular flexibility index (Phi) is 8.63. The number of rotatable bonds is 8. The van der Waals surface area contributed by atoms with Gasteiger partial charge in [-0.2, -0.15) is 8.42 Å². The Morgan fingerprint density at radius 1 is 0.966 bits per heavy atom. The quantitative estimate of drug-likeness (QED) is 0.366. The van der Waals surface area contributed by atoms with Crippen LogP contribution in [0.5, 0.6) is 0 Å². The first kappa shape index (κ1) is 23.9. The van der Waals surface area contributed by atoms with Gasteiger partial charge in [0.05, 0.1) is 18.0 Å². The van der Waals surface area contributed by atoms with Gasteiger partial charge in [-0.05, 0) is 19.1 Å². The smallest absolute Gasteiger partial charge is 0.317 e. The maximum Gasteiger partial charge on any atom is 0.317 e. The lowest BCUT2D eigenvalue weighted by Crippen LogP contribution is -2.42. The summed E-state index contributed by atoms with van der Waals surface area (Å²) in [7, 11) is -4.02. The van der Waals surface area contributed by atoms with E-state index in [-0.39, 0.29) is 18.0 Å². The van der Waals surface area contributed by atoms with Crippen LogP contribution in [0.15, 0.2) is 41.3 Å². The van der Waals surface area contributed by atoms with Crippen LogP contribution in [0, 0.1) is 6.92 Å². The van der Waals surface area contributed by atoms with Crippen molar-refractivity contribution in [1.82, 2.24) is 9.80 Å². The second-order valence-electron chi connectivity index (χ2n) is 5.95. The third-order valence-corrected chi connectivity index (χ3v) is 4.44. The Morgan fingerprint density at radius 3 is 1.79 bits per heavy atom. The fourth-order valence-electron chi connectivity index (χ4n) is 2.20. The van der Waals surface area contributed by atoms with Crippen LogP contribution in [0.2, 0.25) is 0 Å². The van der Waals surface area contributed by atoms with E-state index < -0.39 is 47.0 Å². The predicted molar refractivity (Wildman–Crippen MR) is 98.6 cm³/mol. The van der Waals surface area contributed by atoms with Crippen LogP contribution in [0.1, 0.15) is 5.56 Å². The Labute approximate surface area is 166 Å². The van der Waals surface area contributed by atoms with Crippen LogP contribution >= 0.6 is 0 Å². The SMILES string of the molecule is Cc1ccc(S(=O)(=O)O)cc1.O=C(O)CN(CCN1C(=O)C=CC1=O)CC(=O)O. The lowest BCUT2D eigenvalue weighted by molar-refractivity contribution is -0.141. The second kappa shape index (κ2) is 10.5. The van der Waals surface area contributed by atoms with Crippen molar-refractivity contribution < 1.29 is 42.4 Å². The number of nitrogens with zero attached hydrogens (tertiary/aromatic N) is 2. The third-order valence-electron chi connectivity index (χ3n) is 3.58. The predicted octanol–water partition coefficient (Wildman–Crippen LogP) is -0.376. The van der Waals surface area contributed by atoms with E-state index >= 15 is 0 Å². The first-order valence-electron chi connectivity index (χ1n) is 8.14. The molecule has 2 rings (SSSR count). The minimum Gasteiger partial charge on any atom is -0.480 e. The molecule has 0 saturated heterocycles. The van der Waals surface area contributed by atoms with Crippen LogP contribution in [0.4, 0.5) is 0 Å². The number of benzene rings is 1. The molecule has 0 spiro atoms. The summed E-state index contributed by atoms with van der Waals surface area (Å²) in [5.41, 5.74) is 0.956. The Balaban J connectivity index is 0.000000326. The number of carboxylic acids is 2. The average Bonchev–Trinajstić information content (AvgIpc) is 2.90. The highest BCUT2D eigenvalue weighted by molar-refractivity contribution is 7.85. The molecule has 1 heterocycles. The lowest BCUT2D eigenvalue weighted by Gasteiger charge is -2.21. The van der Waals surface area contributed by atoms with Crippen molar-refractivity contribution in [3.05, 3.63) is 42.0 Å². The zero-order chi connectivity index (χ0) is 22.2. The van der Waals surface area contributed by atoms with E-state index in [9.17, 15) is 27.6 Å². The molecule has 0 unspecified atom stereocenters. The standard InChI is InChI=1S/C10H12N2O6.C7H8O3S/c13-7-1-2-8(14)12(7)4-3-11(5-9(15)16)6-10(17)18;1-6-2-4-7(5-3-6)11(8,9)10/h1-2H,3-6H2,(H,15,16)(H,17,18);2-5H,1H3,(H,8,9,10). The van der Waals surface area contributed by atoms with Crippen molar-refractivity contribution in [1.29, 1.82) is 0 Å². The summed E-state index contributed by atoms with van der Waals surface area (Å²) in [5.74, 6) is -3.31. The molecule has 29 heavy (non-hydrogen) atoms. The van der Waals surface area contributed by atoms with Gasteiger partial charge < -0.3 is 10.2 Å². The number of carbonyl (C=O) groups excluding carboxylic acids is 2. The molecule has 0 aromatic heterocycles. The van der Waals surface area contributed by atoms with Crippen LogP contribution < -0.4 is 0 Å². The topological polar surface area (TPSA) is 170 Å². The van der Waals surface area contributed by atoms with Gasteiger partial charge >= 0.3 is 11.9 Å². The van der Waals surface area contributed by atoms with E-state index in [1.807, 2.05) is 6.92 Å². The van der Waals surface area contributed by atoms with E-state index in [0.29, 0.717) is 0 Å². The van der Waals surface area contributed by atoms with Crippen molar-refractivity contribution in [3.63, 3.8) is 0 Å². The molecule has 0 bridgehead atoms. The number of hydrogen-bond acceptors (Lipinski definition) is 7. The molecule has 0 atom stereocenters. The number of carbonyl (C=O) groups is 4. The van der Waals surface area contributed by atoms with Crippen molar-refractivity contribution in [2.45, 2.75) is 11.8 Å². The second-order valence-corrected chi connectivity index (χ2v) is 7.37. The van der Waals surface area contributed by atoms with Gasteiger partial charge in [0.2, 0.25) is 0 Å². The summed E-state index contributed by atoms with van der Waals surface area (Å²) in [4.78, 5) is 45.4. The molecule has 0 radical (unpaired) electrons. The molecule has 2 amide bonds. The Bertz CT molecular complexity index is 873. The highest BCUT2D eigenvalue weighted by atomic mass is 32.2. The maximum absolute atomic E-state index is 11.2. The van der Waals surface area contributed by atoms with Crippen molar-refractivity contribution in [3.8, 4) is 0 Å². The molecule has 1 aliphatic heterocycles. The Hall–Kier alpha value is -3.09. The summed E-state index contributed by atoms with van der Waals surface area (Å²) in [5, 5.41) is 17.2. The van der Waals surface area contributed by atoms with Gasteiger partial charge in [-0.1, -0.05) is 17.7 Å². The van der Waals surface area contributed by atoms with E-state index in [2.05, 4.69) is 0 Å².